The van der Waals surface area contributed by atoms with Gasteiger partial charge in [0.15, 0.2) is 6.79 Å². The van der Waals surface area contributed by atoms with Crippen molar-refractivity contribution in [3.05, 3.63) is 29.1 Å². The Balaban J connectivity index is 0.00000180. The molecule has 2 rings (SSSR count). The van der Waals surface area contributed by atoms with Gasteiger partial charge in [0.1, 0.15) is 11.6 Å². The number of nitrogens with one attached hydrogen (secondary N) is 1. The zero-order valence-corrected chi connectivity index (χ0v) is 11.3. The van der Waals surface area contributed by atoms with E-state index in [1.54, 1.807) is 6.92 Å². The summed E-state index contributed by atoms with van der Waals surface area (Å²) in [5.74, 6) is -0.0967. The SMILES string of the molecule is C[C@@H](N)C(=O)NCc1cc(F)cc2c1OCOC2.Cl. The maximum Gasteiger partial charge on any atom is 0.236 e. The van der Waals surface area contributed by atoms with Gasteiger partial charge in [0.2, 0.25) is 5.91 Å². The molecule has 0 saturated heterocycles. The highest BCUT2D eigenvalue weighted by Gasteiger charge is 2.17. The molecule has 7 heteroatoms. The quantitative estimate of drug-likeness (QED) is 0.873. The third kappa shape index (κ3) is 3.79. The van der Waals surface area contributed by atoms with E-state index in [1.165, 1.54) is 12.1 Å². The van der Waals surface area contributed by atoms with Crippen LogP contribution in [0, 0.1) is 5.82 Å². The smallest absolute Gasteiger partial charge is 0.236 e. The fraction of sp³-hybridized carbons (Fsp3) is 0.417. The van der Waals surface area contributed by atoms with Crippen LogP contribution in [0.1, 0.15) is 18.1 Å². The number of carbonyl (C=O) groups is 1. The predicted octanol–water partition coefficient (Wildman–Crippen LogP) is 1.08. The molecule has 5 nitrogen and oxygen atoms in total. The minimum Gasteiger partial charge on any atom is -0.467 e. The van der Waals surface area contributed by atoms with Gasteiger partial charge in [0, 0.05) is 17.7 Å². The molecular weight excluding hydrogens is 275 g/mol. The van der Waals surface area contributed by atoms with Crippen molar-refractivity contribution in [2.24, 2.45) is 5.73 Å². The monoisotopic (exact) mass is 290 g/mol. The van der Waals surface area contributed by atoms with Gasteiger partial charge < -0.3 is 20.5 Å². The second kappa shape index (κ2) is 6.70. The Hall–Kier alpha value is -1.37. The van der Waals surface area contributed by atoms with E-state index in [0.717, 1.165) is 0 Å². The third-order valence-electron chi connectivity index (χ3n) is 2.62. The molecule has 1 amide bonds. The summed E-state index contributed by atoms with van der Waals surface area (Å²) in [6.07, 6.45) is 0. The van der Waals surface area contributed by atoms with Crippen LogP contribution in [0.5, 0.6) is 5.75 Å². The number of rotatable bonds is 3. The van der Waals surface area contributed by atoms with E-state index in [4.69, 9.17) is 15.2 Å². The largest absolute Gasteiger partial charge is 0.467 e. The first kappa shape index (κ1) is 15.7. The van der Waals surface area contributed by atoms with Crippen LogP contribution in [0.25, 0.3) is 0 Å². The Bertz CT molecular complexity index is 469. The zero-order chi connectivity index (χ0) is 13.1. The fourth-order valence-corrected chi connectivity index (χ4v) is 1.73. The van der Waals surface area contributed by atoms with Gasteiger partial charge in [-0.3, -0.25) is 4.79 Å². The first-order valence-corrected chi connectivity index (χ1v) is 5.63. The van der Waals surface area contributed by atoms with Crippen LogP contribution in [0.3, 0.4) is 0 Å². The molecule has 0 bridgehead atoms. The molecule has 1 atom stereocenters. The number of hydrogen-bond donors (Lipinski definition) is 2. The van der Waals surface area contributed by atoms with Crippen molar-refractivity contribution in [2.75, 3.05) is 6.79 Å². The summed E-state index contributed by atoms with van der Waals surface area (Å²) in [6.45, 7) is 2.20. The van der Waals surface area contributed by atoms with Crippen molar-refractivity contribution in [1.82, 2.24) is 5.32 Å². The zero-order valence-electron chi connectivity index (χ0n) is 10.4. The van der Waals surface area contributed by atoms with Crippen LogP contribution < -0.4 is 15.8 Å². The van der Waals surface area contributed by atoms with Crippen molar-refractivity contribution in [1.29, 1.82) is 0 Å². The summed E-state index contributed by atoms with van der Waals surface area (Å²) in [5.41, 5.74) is 6.66. The van der Waals surface area contributed by atoms with E-state index in [1.807, 2.05) is 0 Å². The minimum absolute atomic E-state index is 0. The fourth-order valence-electron chi connectivity index (χ4n) is 1.73. The molecule has 1 heterocycles. The molecule has 19 heavy (non-hydrogen) atoms. The molecule has 0 unspecified atom stereocenters. The van der Waals surface area contributed by atoms with E-state index in [0.29, 0.717) is 23.5 Å². The van der Waals surface area contributed by atoms with Crippen molar-refractivity contribution in [3.63, 3.8) is 0 Å². The summed E-state index contributed by atoms with van der Waals surface area (Å²) in [6, 6.07) is 2.11. The van der Waals surface area contributed by atoms with Gasteiger partial charge in [-0.15, -0.1) is 12.4 Å². The van der Waals surface area contributed by atoms with Gasteiger partial charge in [0.05, 0.1) is 12.6 Å². The summed E-state index contributed by atoms with van der Waals surface area (Å²) >= 11 is 0. The predicted molar refractivity (Wildman–Crippen MR) is 69.4 cm³/mol. The minimum atomic E-state index is -0.598. The van der Waals surface area contributed by atoms with E-state index >= 15 is 0 Å². The van der Waals surface area contributed by atoms with Crippen LogP contribution in [-0.4, -0.2) is 18.7 Å². The number of amides is 1. The number of benzene rings is 1. The average molecular weight is 291 g/mol. The summed E-state index contributed by atoms with van der Waals surface area (Å²) in [7, 11) is 0. The van der Waals surface area contributed by atoms with E-state index < -0.39 is 6.04 Å². The van der Waals surface area contributed by atoms with Gasteiger partial charge in [0.25, 0.3) is 0 Å². The molecule has 0 aromatic heterocycles. The lowest BCUT2D eigenvalue weighted by atomic mass is 10.1. The number of fused-ring (bicyclic) bond motifs is 1. The molecule has 1 aromatic carbocycles. The van der Waals surface area contributed by atoms with Gasteiger partial charge in [-0.05, 0) is 19.1 Å². The molecule has 0 aliphatic carbocycles. The van der Waals surface area contributed by atoms with Crippen molar-refractivity contribution in [2.45, 2.75) is 26.1 Å². The van der Waals surface area contributed by atoms with Gasteiger partial charge in [-0.2, -0.15) is 0 Å². The molecule has 0 radical (unpaired) electrons. The summed E-state index contributed by atoms with van der Waals surface area (Å²) in [5, 5.41) is 2.62. The molecule has 0 saturated carbocycles. The van der Waals surface area contributed by atoms with E-state index in [2.05, 4.69) is 5.32 Å². The molecular formula is C12H16ClFN2O3. The van der Waals surface area contributed by atoms with E-state index in [-0.39, 0.29) is 37.5 Å². The number of ether oxygens (including phenoxy) is 2. The lowest BCUT2D eigenvalue weighted by molar-refractivity contribution is -0.122. The van der Waals surface area contributed by atoms with Crippen LogP contribution >= 0.6 is 12.4 Å². The van der Waals surface area contributed by atoms with Crippen LogP contribution in [-0.2, 0) is 22.7 Å². The normalized spacial score (nSPS) is 14.7. The topological polar surface area (TPSA) is 73.6 Å². The lowest BCUT2D eigenvalue weighted by Crippen LogP contribution is -2.38. The number of carbonyl (C=O) groups excluding carboxylic acids is 1. The van der Waals surface area contributed by atoms with Crippen molar-refractivity contribution >= 4 is 18.3 Å². The Labute approximate surface area is 116 Å². The summed E-state index contributed by atoms with van der Waals surface area (Å²) in [4.78, 5) is 11.4. The van der Waals surface area contributed by atoms with Crippen LogP contribution in [0.15, 0.2) is 12.1 Å². The maximum atomic E-state index is 13.4. The molecule has 1 aliphatic heterocycles. The van der Waals surface area contributed by atoms with Crippen molar-refractivity contribution < 1.29 is 18.7 Å². The van der Waals surface area contributed by atoms with Gasteiger partial charge in [-0.1, -0.05) is 0 Å². The maximum absolute atomic E-state index is 13.4. The van der Waals surface area contributed by atoms with Gasteiger partial charge >= 0.3 is 0 Å². The first-order valence-electron chi connectivity index (χ1n) is 5.63. The van der Waals surface area contributed by atoms with Crippen LogP contribution in [0.2, 0.25) is 0 Å². The highest BCUT2D eigenvalue weighted by molar-refractivity contribution is 5.85. The molecule has 0 spiro atoms. The molecule has 1 aromatic rings. The number of halogens is 2. The Morgan fingerprint density at radius 2 is 2.32 bits per heavy atom. The third-order valence-corrected chi connectivity index (χ3v) is 2.62. The lowest BCUT2D eigenvalue weighted by Gasteiger charge is -2.21. The Kier molecular flexibility index (Phi) is 5.53. The molecule has 106 valence electrons. The standard InChI is InChI=1S/C12H15FN2O3.ClH/c1-7(14)12(16)15-4-8-2-10(13)3-9-5-17-6-18-11(8)9;/h2-3,7H,4-6,14H2,1H3,(H,15,16);1H/t7-;/m1./s1. The highest BCUT2D eigenvalue weighted by atomic mass is 35.5. The average Bonchev–Trinajstić information content (AvgIpc) is 2.35. The van der Waals surface area contributed by atoms with E-state index in [9.17, 15) is 9.18 Å². The second-order valence-electron chi connectivity index (χ2n) is 4.17. The summed E-state index contributed by atoms with van der Waals surface area (Å²) < 4.78 is 23.8. The number of nitrogens with two attached hydrogens (primary N) is 1. The first-order chi connectivity index (χ1) is 8.58. The van der Waals surface area contributed by atoms with Crippen LogP contribution in [0.4, 0.5) is 4.39 Å². The molecule has 3 N–H and O–H groups in total. The number of hydrogen-bond acceptors (Lipinski definition) is 4. The molecule has 1 aliphatic rings. The Morgan fingerprint density at radius 3 is 3.00 bits per heavy atom. The highest BCUT2D eigenvalue weighted by Crippen LogP contribution is 2.29. The Morgan fingerprint density at radius 1 is 1.58 bits per heavy atom. The second-order valence-corrected chi connectivity index (χ2v) is 4.17. The molecule has 0 fully saturated rings. The van der Waals surface area contributed by atoms with Crippen molar-refractivity contribution in [3.8, 4) is 5.75 Å². The van der Waals surface area contributed by atoms with Gasteiger partial charge in [-0.25, -0.2) is 4.39 Å².